The van der Waals surface area contributed by atoms with Crippen LogP contribution in [0.3, 0.4) is 0 Å². The van der Waals surface area contributed by atoms with Gasteiger partial charge in [-0.15, -0.1) is 0 Å². The molecule has 0 atom stereocenters. The minimum absolute atomic E-state index is 0.0276. The number of benzene rings is 3. The number of nitrogens with zero attached hydrogens (tertiary/aromatic N) is 4. The molecule has 0 spiro atoms. The van der Waals surface area contributed by atoms with Crippen LogP contribution in [0.4, 0.5) is 10.2 Å². The lowest BCUT2D eigenvalue weighted by molar-refractivity contribution is 0.0746. The molecule has 2 heterocycles. The number of carbonyl (C=O) groups excluding carboxylic acids is 1. The van der Waals surface area contributed by atoms with Crippen molar-refractivity contribution in [2.75, 3.05) is 31.1 Å². The van der Waals surface area contributed by atoms with Crippen LogP contribution in [0.1, 0.15) is 27.2 Å². The van der Waals surface area contributed by atoms with E-state index in [0.29, 0.717) is 49.6 Å². The Kier molecular flexibility index (Phi) is 7.09. The first kappa shape index (κ1) is 24.1. The van der Waals surface area contributed by atoms with Crippen LogP contribution >= 0.6 is 15.9 Å². The highest BCUT2D eigenvalue weighted by molar-refractivity contribution is 9.10. The maximum atomic E-state index is 14.0. The average molecular weight is 545 g/mol. The van der Waals surface area contributed by atoms with Gasteiger partial charge in [-0.25, -0.2) is 14.4 Å². The Bertz CT molecular complexity index is 1390. The first-order valence-corrected chi connectivity index (χ1v) is 12.7. The second-order valence-electron chi connectivity index (χ2n) is 8.90. The molecule has 1 saturated heterocycles. The average Bonchev–Trinajstić information content (AvgIpc) is 2.90. The van der Waals surface area contributed by atoms with Gasteiger partial charge in [0, 0.05) is 59.5 Å². The summed E-state index contributed by atoms with van der Waals surface area (Å²) in [4.78, 5) is 26.9. The lowest BCUT2D eigenvalue weighted by atomic mass is 10.0. The van der Waals surface area contributed by atoms with Crippen LogP contribution < -0.4 is 4.90 Å². The summed E-state index contributed by atoms with van der Waals surface area (Å²) in [7, 11) is 0. The molecular weight excluding hydrogens is 519 g/mol. The highest BCUT2D eigenvalue weighted by Crippen LogP contribution is 2.29. The molecule has 0 bridgehead atoms. The first-order chi connectivity index (χ1) is 17.5. The molecule has 0 saturated carbocycles. The number of amides is 1. The number of carbonyl (C=O) groups is 1. The summed E-state index contributed by atoms with van der Waals surface area (Å²) in [5.41, 5.74) is 4.42. The number of hydrogen-bond acceptors (Lipinski definition) is 4. The summed E-state index contributed by atoms with van der Waals surface area (Å²) in [5, 5.41) is 0. The standard InChI is InChI=1S/C29H26BrFN4O/c1-20-26(17-21-7-3-2-4-8-21)28(33-27(32-20)22-9-6-12-25(31)19-22)34-13-15-35(16-14-34)29(36)23-10-5-11-24(30)18-23/h2-12,18-19H,13-17H2,1H3. The molecule has 1 fully saturated rings. The smallest absolute Gasteiger partial charge is 0.254 e. The largest absolute Gasteiger partial charge is 0.353 e. The molecule has 5 rings (SSSR count). The number of halogens is 2. The Morgan fingerprint density at radius 2 is 1.67 bits per heavy atom. The zero-order chi connectivity index (χ0) is 25.1. The summed E-state index contributed by atoms with van der Waals surface area (Å²) in [5.74, 6) is 1.06. The SMILES string of the molecule is Cc1nc(-c2cccc(F)c2)nc(N2CCN(C(=O)c3cccc(Br)c3)CC2)c1Cc1ccccc1. The Hall–Kier alpha value is -3.58. The molecule has 1 aromatic heterocycles. The number of aryl methyl sites for hydroxylation is 1. The van der Waals surface area contributed by atoms with E-state index in [2.05, 4.69) is 33.0 Å². The van der Waals surface area contributed by atoms with Gasteiger partial charge >= 0.3 is 0 Å². The van der Waals surface area contributed by atoms with Gasteiger partial charge in [-0.1, -0.05) is 64.5 Å². The molecule has 7 heteroatoms. The predicted octanol–water partition coefficient (Wildman–Crippen LogP) is 5.91. The van der Waals surface area contributed by atoms with Crippen molar-refractivity contribution in [3.63, 3.8) is 0 Å². The number of rotatable bonds is 5. The molecule has 182 valence electrons. The van der Waals surface area contributed by atoms with Crippen molar-refractivity contribution in [3.8, 4) is 11.4 Å². The monoisotopic (exact) mass is 544 g/mol. The van der Waals surface area contributed by atoms with Gasteiger partial charge < -0.3 is 9.80 Å². The summed E-state index contributed by atoms with van der Waals surface area (Å²) < 4.78 is 14.8. The summed E-state index contributed by atoms with van der Waals surface area (Å²) >= 11 is 3.45. The third kappa shape index (κ3) is 5.31. The van der Waals surface area contributed by atoms with Gasteiger partial charge in [0.15, 0.2) is 5.82 Å². The van der Waals surface area contributed by atoms with E-state index in [1.54, 1.807) is 6.07 Å². The molecule has 1 amide bonds. The van der Waals surface area contributed by atoms with E-state index in [1.807, 2.05) is 60.4 Å². The van der Waals surface area contributed by atoms with Gasteiger partial charge in [-0.3, -0.25) is 4.79 Å². The molecule has 4 aromatic rings. The van der Waals surface area contributed by atoms with Crippen LogP contribution in [0, 0.1) is 12.7 Å². The lowest BCUT2D eigenvalue weighted by Crippen LogP contribution is -2.49. The van der Waals surface area contributed by atoms with Gasteiger partial charge in [0.25, 0.3) is 5.91 Å². The molecule has 0 aliphatic carbocycles. The van der Waals surface area contributed by atoms with E-state index in [4.69, 9.17) is 9.97 Å². The molecule has 5 nitrogen and oxygen atoms in total. The van der Waals surface area contributed by atoms with Crippen LogP contribution in [0.15, 0.2) is 83.3 Å². The molecule has 0 unspecified atom stereocenters. The van der Waals surface area contributed by atoms with Gasteiger partial charge in [0.2, 0.25) is 0 Å². The Labute approximate surface area is 218 Å². The lowest BCUT2D eigenvalue weighted by Gasteiger charge is -2.36. The highest BCUT2D eigenvalue weighted by Gasteiger charge is 2.26. The maximum absolute atomic E-state index is 14.0. The molecule has 1 aliphatic rings. The summed E-state index contributed by atoms with van der Waals surface area (Å²) in [6.45, 7) is 4.48. The van der Waals surface area contributed by atoms with Crippen molar-refractivity contribution in [1.82, 2.24) is 14.9 Å². The fourth-order valence-electron chi connectivity index (χ4n) is 4.53. The van der Waals surface area contributed by atoms with Crippen LogP contribution in [0.25, 0.3) is 11.4 Å². The van der Waals surface area contributed by atoms with Gasteiger partial charge in [-0.05, 0) is 42.8 Å². The van der Waals surface area contributed by atoms with Gasteiger partial charge in [0.1, 0.15) is 11.6 Å². The zero-order valence-corrected chi connectivity index (χ0v) is 21.6. The highest BCUT2D eigenvalue weighted by atomic mass is 79.9. The second kappa shape index (κ2) is 10.6. The maximum Gasteiger partial charge on any atom is 0.254 e. The van der Waals surface area contributed by atoms with Crippen LogP contribution in [0.5, 0.6) is 0 Å². The van der Waals surface area contributed by atoms with E-state index in [0.717, 1.165) is 21.5 Å². The van der Waals surface area contributed by atoms with E-state index in [-0.39, 0.29) is 11.7 Å². The van der Waals surface area contributed by atoms with Gasteiger partial charge in [0.05, 0.1) is 0 Å². The zero-order valence-electron chi connectivity index (χ0n) is 20.0. The minimum atomic E-state index is -0.316. The fraction of sp³-hybridized carbons (Fsp3) is 0.207. The van der Waals surface area contributed by atoms with Crippen molar-refractivity contribution < 1.29 is 9.18 Å². The molecule has 36 heavy (non-hydrogen) atoms. The number of hydrogen-bond donors (Lipinski definition) is 0. The van der Waals surface area contributed by atoms with Crippen molar-refractivity contribution in [3.05, 3.63) is 112 Å². The molecule has 0 radical (unpaired) electrons. The molecule has 3 aromatic carbocycles. The Morgan fingerprint density at radius 3 is 2.39 bits per heavy atom. The van der Waals surface area contributed by atoms with Crippen LogP contribution in [-0.2, 0) is 6.42 Å². The second-order valence-corrected chi connectivity index (χ2v) is 9.81. The summed E-state index contributed by atoms with van der Waals surface area (Å²) in [6.07, 6.45) is 0.697. The van der Waals surface area contributed by atoms with E-state index < -0.39 is 0 Å². The number of piperazine rings is 1. The number of aromatic nitrogens is 2. The van der Waals surface area contributed by atoms with E-state index >= 15 is 0 Å². The van der Waals surface area contributed by atoms with E-state index in [1.165, 1.54) is 17.7 Å². The Balaban J connectivity index is 1.45. The van der Waals surface area contributed by atoms with Crippen molar-refractivity contribution in [2.24, 2.45) is 0 Å². The quantitative estimate of drug-likeness (QED) is 0.313. The summed E-state index contributed by atoms with van der Waals surface area (Å²) in [6, 6.07) is 24.1. The first-order valence-electron chi connectivity index (χ1n) is 11.9. The number of anilines is 1. The van der Waals surface area contributed by atoms with Crippen molar-refractivity contribution in [1.29, 1.82) is 0 Å². The molecule has 1 aliphatic heterocycles. The molecular formula is C29H26BrFN4O. The topological polar surface area (TPSA) is 49.3 Å². The van der Waals surface area contributed by atoms with Crippen molar-refractivity contribution >= 4 is 27.7 Å². The third-order valence-electron chi connectivity index (χ3n) is 6.44. The Morgan fingerprint density at radius 1 is 0.917 bits per heavy atom. The predicted molar refractivity (Wildman–Crippen MR) is 144 cm³/mol. The fourth-order valence-corrected chi connectivity index (χ4v) is 4.93. The molecule has 0 N–H and O–H groups in total. The van der Waals surface area contributed by atoms with Crippen LogP contribution in [-0.4, -0.2) is 47.0 Å². The minimum Gasteiger partial charge on any atom is -0.353 e. The normalized spacial score (nSPS) is 13.6. The van der Waals surface area contributed by atoms with Crippen LogP contribution in [0.2, 0.25) is 0 Å². The third-order valence-corrected chi connectivity index (χ3v) is 6.93. The van der Waals surface area contributed by atoms with Gasteiger partial charge in [-0.2, -0.15) is 0 Å². The van der Waals surface area contributed by atoms with Crippen molar-refractivity contribution in [2.45, 2.75) is 13.3 Å². The van der Waals surface area contributed by atoms with E-state index in [9.17, 15) is 9.18 Å².